The lowest BCUT2D eigenvalue weighted by Crippen LogP contribution is -2.38. The van der Waals surface area contributed by atoms with Crippen LogP contribution in [-0.4, -0.2) is 22.2 Å². The van der Waals surface area contributed by atoms with Crippen LogP contribution in [0.25, 0.3) is 11.0 Å². The van der Waals surface area contributed by atoms with Crippen LogP contribution in [0.4, 0.5) is 0 Å². The number of carboxylic acids is 1. The fourth-order valence-electron chi connectivity index (χ4n) is 3.31. The molecule has 6 heteroatoms. The molecule has 0 aliphatic rings. The summed E-state index contributed by atoms with van der Waals surface area (Å²) >= 11 is 0. The summed E-state index contributed by atoms with van der Waals surface area (Å²) in [6.45, 7) is 2.08. The number of aromatic hydroxyl groups is 1. The molecule has 0 radical (unpaired) electrons. The summed E-state index contributed by atoms with van der Waals surface area (Å²) in [5.74, 6) is -1.03. The molecule has 0 spiro atoms. The monoisotopic (exact) mass is 381 g/mol. The van der Waals surface area contributed by atoms with Crippen LogP contribution in [-0.2, 0) is 24.2 Å². The zero-order valence-electron chi connectivity index (χ0n) is 15.6. The van der Waals surface area contributed by atoms with Crippen LogP contribution in [0.1, 0.15) is 30.0 Å². The molecule has 1 atom stereocenters. The number of hydrogen-bond donors (Lipinski definition) is 3. The summed E-state index contributed by atoms with van der Waals surface area (Å²) < 4.78 is 5.37. The zero-order valence-corrected chi connectivity index (χ0v) is 15.6. The van der Waals surface area contributed by atoms with Gasteiger partial charge in [-0.25, -0.2) is 4.79 Å². The third kappa shape index (κ3) is 4.40. The predicted octanol–water partition coefficient (Wildman–Crippen LogP) is 3.24. The molecule has 0 unspecified atom stereocenters. The second-order valence-electron chi connectivity index (χ2n) is 6.74. The number of phenolic OH excluding ortho intramolecular Hbond substituents is 1. The van der Waals surface area contributed by atoms with Crippen LogP contribution in [0.3, 0.4) is 0 Å². The van der Waals surface area contributed by atoms with Crippen LogP contribution in [0.2, 0.25) is 0 Å². The molecular weight excluding hydrogens is 358 g/mol. The van der Waals surface area contributed by atoms with Gasteiger partial charge in [-0.05, 0) is 36.1 Å². The number of rotatable bonds is 8. The Hall–Kier alpha value is -3.12. The maximum Gasteiger partial charge on any atom is 0.336 e. The fourth-order valence-corrected chi connectivity index (χ4v) is 3.31. The summed E-state index contributed by atoms with van der Waals surface area (Å²) in [5, 5.41) is 23.6. The molecule has 0 aliphatic carbocycles. The molecular formula is C22H23NO5. The first-order chi connectivity index (χ1) is 13.5. The fraction of sp³-hybridized carbons (Fsp3) is 0.273. The highest BCUT2D eigenvalue weighted by Gasteiger charge is 2.20. The van der Waals surface area contributed by atoms with Crippen molar-refractivity contribution in [3.63, 3.8) is 0 Å². The van der Waals surface area contributed by atoms with E-state index in [1.165, 1.54) is 6.07 Å². The van der Waals surface area contributed by atoms with E-state index in [2.05, 4.69) is 5.32 Å². The van der Waals surface area contributed by atoms with E-state index in [-0.39, 0.29) is 12.3 Å². The van der Waals surface area contributed by atoms with Crippen molar-refractivity contribution in [1.29, 1.82) is 0 Å². The molecule has 2 aromatic carbocycles. The second-order valence-corrected chi connectivity index (χ2v) is 6.74. The van der Waals surface area contributed by atoms with Gasteiger partial charge in [0.25, 0.3) is 0 Å². The van der Waals surface area contributed by atoms with Gasteiger partial charge >= 0.3 is 11.6 Å². The number of nitrogens with one attached hydrogen (secondary N) is 1. The molecule has 1 heterocycles. The van der Waals surface area contributed by atoms with Crippen molar-refractivity contribution >= 4 is 16.9 Å². The number of phenols is 1. The molecule has 6 nitrogen and oxygen atoms in total. The van der Waals surface area contributed by atoms with Crippen molar-refractivity contribution < 1.29 is 19.4 Å². The minimum atomic E-state index is -0.989. The minimum absolute atomic E-state index is 0.0411. The Morgan fingerprint density at radius 2 is 1.93 bits per heavy atom. The number of aliphatic carboxylic acids is 1. The number of carbonyl (C=O) groups is 1. The molecule has 0 bridgehead atoms. The standard InChI is InChI=1S/C22H23NO5/c1-2-6-15-12-20(25)28-21-16(15)9-10-19(24)17(21)13-23-18(22(26)27)11-14-7-4-3-5-8-14/h3-5,7-10,12,18,23-24H,2,6,11,13H2,1H3,(H,26,27)/t18-/m1/s1. The molecule has 0 saturated heterocycles. The van der Waals surface area contributed by atoms with Crippen molar-refractivity contribution in [2.75, 3.05) is 0 Å². The highest BCUT2D eigenvalue weighted by atomic mass is 16.4. The highest BCUT2D eigenvalue weighted by Crippen LogP contribution is 2.29. The third-order valence-corrected chi connectivity index (χ3v) is 4.70. The van der Waals surface area contributed by atoms with E-state index >= 15 is 0 Å². The van der Waals surface area contributed by atoms with Crippen LogP contribution >= 0.6 is 0 Å². The molecule has 28 heavy (non-hydrogen) atoms. The summed E-state index contributed by atoms with van der Waals surface area (Å²) in [4.78, 5) is 23.6. The Labute approximate surface area is 162 Å². The van der Waals surface area contributed by atoms with Gasteiger partial charge in [-0.15, -0.1) is 0 Å². The van der Waals surface area contributed by atoms with Crippen molar-refractivity contribution in [3.05, 3.63) is 75.6 Å². The van der Waals surface area contributed by atoms with E-state index in [9.17, 15) is 19.8 Å². The topological polar surface area (TPSA) is 99.8 Å². The molecule has 0 saturated carbocycles. The first-order valence-electron chi connectivity index (χ1n) is 9.27. The summed E-state index contributed by atoms with van der Waals surface area (Å²) in [6.07, 6.45) is 1.88. The number of hydrogen-bond acceptors (Lipinski definition) is 5. The van der Waals surface area contributed by atoms with Crippen molar-refractivity contribution in [3.8, 4) is 5.75 Å². The average Bonchev–Trinajstić information content (AvgIpc) is 2.67. The van der Waals surface area contributed by atoms with Crippen molar-refractivity contribution in [2.24, 2.45) is 0 Å². The van der Waals surface area contributed by atoms with Gasteiger partial charge in [0.05, 0.1) is 5.56 Å². The van der Waals surface area contributed by atoms with Crippen LogP contribution in [0.15, 0.2) is 57.7 Å². The van der Waals surface area contributed by atoms with E-state index in [0.29, 0.717) is 24.0 Å². The number of fused-ring (bicyclic) bond motifs is 1. The largest absolute Gasteiger partial charge is 0.507 e. The third-order valence-electron chi connectivity index (χ3n) is 4.70. The zero-order chi connectivity index (χ0) is 20.1. The number of aryl methyl sites for hydroxylation is 1. The SMILES string of the molecule is CCCc1cc(=O)oc2c(CN[C@H](Cc3ccccc3)C(=O)O)c(O)ccc12. The molecule has 3 aromatic rings. The van der Waals surface area contributed by atoms with Gasteiger partial charge < -0.3 is 14.6 Å². The molecule has 3 rings (SSSR count). The Morgan fingerprint density at radius 1 is 1.18 bits per heavy atom. The Bertz CT molecular complexity index is 1030. The van der Waals surface area contributed by atoms with E-state index in [1.807, 2.05) is 37.3 Å². The Balaban J connectivity index is 1.91. The van der Waals surface area contributed by atoms with Gasteiger partial charge in [0.2, 0.25) is 0 Å². The van der Waals surface area contributed by atoms with E-state index in [4.69, 9.17) is 4.42 Å². The van der Waals surface area contributed by atoms with E-state index in [0.717, 1.165) is 22.9 Å². The van der Waals surface area contributed by atoms with Crippen LogP contribution in [0.5, 0.6) is 5.75 Å². The Morgan fingerprint density at radius 3 is 2.61 bits per heavy atom. The van der Waals surface area contributed by atoms with Gasteiger partial charge in [0.15, 0.2) is 0 Å². The quantitative estimate of drug-likeness (QED) is 0.518. The minimum Gasteiger partial charge on any atom is -0.507 e. The normalized spacial score (nSPS) is 12.2. The molecule has 146 valence electrons. The smallest absolute Gasteiger partial charge is 0.336 e. The lowest BCUT2D eigenvalue weighted by molar-refractivity contribution is -0.139. The molecule has 0 fully saturated rings. The van der Waals surface area contributed by atoms with Gasteiger partial charge in [0, 0.05) is 18.0 Å². The molecule has 3 N–H and O–H groups in total. The second kappa shape index (κ2) is 8.71. The van der Waals surface area contributed by atoms with Crippen LogP contribution < -0.4 is 10.9 Å². The van der Waals surface area contributed by atoms with Crippen molar-refractivity contribution in [1.82, 2.24) is 5.32 Å². The highest BCUT2D eigenvalue weighted by molar-refractivity contribution is 5.85. The maximum absolute atomic E-state index is 12.0. The van der Waals surface area contributed by atoms with E-state index in [1.54, 1.807) is 12.1 Å². The van der Waals surface area contributed by atoms with Gasteiger partial charge in [-0.3, -0.25) is 10.1 Å². The Kier molecular flexibility index (Phi) is 6.11. The lowest BCUT2D eigenvalue weighted by atomic mass is 10.0. The lowest BCUT2D eigenvalue weighted by Gasteiger charge is -2.16. The molecule has 0 amide bonds. The first kappa shape index (κ1) is 19.6. The summed E-state index contributed by atoms with van der Waals surface area (Å²) in [7, 11) is 0. The van der Waals surface area contributed by atoms with E-state index < -0.39 is 17.6 Å². The summed E-state index contributed by atoms with van der Waals surface area (Å²) in [6, 6.07) is 13.2. The predicted molar refractivity (Wildman–Crippen MR) is 107 cm³/mol. The van der Waals surface area contributed by atoms with Crippen molar-refractivity contribution in [2.45, 2.75) is 38.8 Å². The summed E-state index contributed by atoms with van der Waals surface area (Å²) in [5.41, 5.74) is 1.94. The van der Waals surface area contributed by atoms with Gasteiger partial charge in [-0.1, -0.05) is 43.7 Å². The molecule has 1 aromatic heterocycles. The first-order valence-corrected chi connectivity index (χ1v) is 9.27. The number of benzene rings is 2. The van der Waals surface area contributed by atoms with Gasteiger partial charge in [-0.2, -0.15) is 0 Å². The van der Waals surface area contributed by atoms with Gasteiger partial charge in [0.1, 0.15) is 17.4 Å². The number of carboxylic acid groups (broad SMARTS) is 1. The maximum atomic E-state index is 12.0. The average molecular weight is 381 g/mol. The van der Waals surface area contributed by atoms with Crippen LogP contribution in [0, 0.1) is 0 Å². The molecule has 0 aliphatic heterocycles.